The van der Waals surface area contributed by atoms with Crippen LogP contribution in [0.5, 0.6) is 0 Å². The fourth-order valence-corrected chi connectivity index (χ4v) is 5.23. The zero-order chi connectivity index (χ0) is 16.9. The summed E-state index contributed by atoms with van der Waals surface area (Å²) in [6.07, 6.45) is 13.6. The van der Waals surface area contributed by atoms with Crippen LogP contribution in [0.25, 0.3) is 0 Å². The summed E-state index contributed by atoms with van der Waals surface area (Å²) in [5, 5.41) is 0. The molecule has 0 aromatic carbocycles. The van der Waals surface area contributed by atoms with Crippen molar-refractivity contribution in [2.24, 2.45) is 5.41 Å². The first-order valence-electron chi connectivity index (χ1n) is 9.69. The highest BCUT2D eigenvalue weighted by atomic mass is 79.9. The SMILES string of the molecule is CCCCC1(CCCC)CCCC2=C1C(=O)OC2(Br)CCCC. The smallest absolute Gasteiger partial charge is 0.336 e. The number of rotatable bonds is 9. The quantitative estimate of drug-likeness (QED) is 0.327. The van der Waals surface area contributed by atoms with Gasteiger partial charge in [0.1, 0.15) is 0 Å². The van der Waals surface area contributed by atoms with E-state index >= 15 is 0 Å². The lowest BCUT2D eigenvalue weighted by Gasteiger charge is -2.38. The summed E-state index contributed by atoms with van der Waals surface area (Å²) in [7, 11) is 0. The molecule has 0 bridgehead atoms. The van der Waals surface area contributed by atoms with Gasteiger partial charge in [-0.3, -0.25) is 0 Å². The summed E-state index contributed by atoms with van der Waals surface area (Å²) in [4.78, 5) is 12.8. The molecule has 23 heavy (non-hydrogen) atoms. The number of carbonyl (C=O) groups excluding carboxylic acids is 1. The van der Waals surface area contributed by atoms with E-state index in [2.05, 4.69) is 36.7 Å². The van der Waals surface area contributed by atoms with Crippen LogP contribution in [0.2, 0.25) is 0 Å². The number of halogens is 1. The van der Waals surface area contributed by atoms with E-state index < -0.39 is 4.51 Å². The van der Waals surface area contributed by atoms with Crippen LogP contribution < -0.4 is 0 Å². The summed E-state index contributed by atoms with van der Waals surface area (Å²) in [5.41, 5.74) is 2.44. The van der Waals surface area contributed by atoms with Crippen molar-refractivity contribution in [3.8, 4) is 0 Å². The molecule has 0 saturated heterocycles. The second kappa shape index (κ2) is 8.18. The third kappa shape index (κ3) is 3.86. The number of cyclic esters (lactones) is 1. The second-order valence-electron chi connectivity index (χ2n) is 7.42. The Hall–Kier alpha value is -0.310. The van der Waals surface area contributed by atoms with Crippen molar-refractivity contribution in [2.75, 3.05) is 0 Å². The van der Waals surface area contributed by atoms with Gasteiger partial charge in [-0.25, -0.2) is 4.79 Å². The van der Waals surface area contributed by atoms with Crippen molar-refractivity contribution < 1.29 is 9.53 Å². The van der Waals surface area contributed by atoms with Crippen LogP contribution in [-0.4, -0.2) is 10.5 Å². The fraction of sp³-hybridized carbons (Fsp3) is 0.850. The molecule has 0 amide bonds. The Labute approximate surface area is 150 Å². The van der Waals surface area contributed by atoms with Gasteiger partial charge in [-0.05, 0) is 60.0 Å². The van der Waals surface area contributed by atoms with Gasteiger partial charge in [0.15, 0.2) is 4.51 Å². The van der Waals surface area contributed by atoms with Crippen molar-refractivity contribution in [3.63, 3.8) is 0 Å². The highest BCUT2D eigenvalue weighted by molar-refractivity contribution is 9.10. The van der Waals surface area contributed by atoms with Gasteiger partial charge in [0.05, 0.1) is 0 Å². The molecular weight excluding hydrogens is 352 g/mol. The van der Waals surface area contributed by atoms with Crippen molar-refractivity contribution in [1.29, 1.82) is 0 Å². The minimum atomic E-state index is -0.500. The van der Waals surface area contributed by atoms with Crippen molar-refractivity contribution >= 4 is 21.9 Å². The van der Waals surface area contributed by atoms with Gasteiger partial charge >= 0.3 is 5.97 Å². The van der Waals surface area contributed by atoms with E-state index in [0.717, 1.165) is 50.5 Å². The Morgan fingerprint density at radius 2 is 1.57 bits per heavy atom. The van der Waals surface area contributed by atoms with Gasteiger partial charge < -0.3 is 4.74 Å². The number of ether oxygens (including phenoxy) is 1. The van der Waals surface area contributed by atoms with E-state index in [1.54, 1.807) is 0 Å². The van der Waals surface area contributed by atoms with E-state index in [0.29, 0.717) is 0 Å². The van der Waals surface area contributed by atoms with Crippen molar-refractivity contribution in [2.45, 2.75) is 102 Å². The molecule has 132 valence electrons. The van der Waals surface area contributed by atoms with E-state index in [-0.39, 0.29) is 11.4 Å². The molecule has 0 N–H and O–H groups in total. The molecule has 0 radical (unpaired) electrons. The average molecular weight is 385 g/mol. The number of unbranched alkanes of at least 4 members (excludes halogenated alkanes) is 3. The average Bonchev–Trinajstić information content (AvgIpc) is 2.82. The number of carbonyl (C=O) groups is 1. The van der Waals surface area contributed by atoms with E-state index in [4.69, 9.17) is 4.74 Å². The third-order valence-corrected chi connectivity index (χ3v) is 6.73. The Bertz CT molecular complexity index is 447. The van der Waals surface area contributed by atoms with Gasteiger partial charge in [-0.2, -0.15) is 0 Å². The molecule has 1 atom stereocenters. The summed E-state index contributed by atoms with van der Waals surface area (Å²) in [5.74, 6) is -0.0279. The van der Waals surface area contributed by atoms with Crippen LogP contribution in [0, 0.1) is 5.41 Å². The summed E-state index contributed by atoms with van der Waals surface area (Å²) < 4.78 is 5.42. The molecule has 1 aliphatic carbocycles. The maximum Gasteiger partial charge on any atom is 0.336 e. The van der Waals surface area contributed by atoms with Crippen LogP contribution in [0.1, 0.15) is 97.8 Å². The monoisotopic (exact) mass is 384 g/mol. The minimum absolute atomic E-state index is 0.0279. The summed E-state index contributed by atoms with van der Waals surface area (Å²) >= 11 is 3.82. The molecule has 1 heterocycles. The molecule has 0 saturated carbocycles. The maximum absolute atomic E-state index is 12.8. The van der Waals surface area contributed by atoms with Gasteiger partial charge in [0, 0.05) is 17.4 Å². The molecule has 0 aromatic heterocycles. The molecule has 2 nitrogen and oxygen atoms in total. The van der Waals surface area contributed by atoms with Crippen molar-refractivity contribution in [1.82, 2.24) is 0 Å². The van der Waals surface area contributed by atoms with Crippen LogP contribution in [0.4, 0.5) is 0 Å². The molecule has 2 rings (SSSR count). The Kier molecular flexibility index (Phi) is 6.77. The van der Waals surface area contributed by atoms with Gasteiger partial charge in [0.2, 0.25) is 0 Å². The Morgan fingerprint density at radius 1 is 1.00 bits per heavy atom. The summed E-state index contributed by atoms with van der Waals surface area (Å²) in [6, 6.07) is 0. The lowest BCUT2D eigenvalue weighted by molar-refractivity contribution is -0.142. The Morgan fingerprint density at radius 3 is 2.13 bits per heavy atom. The predicted octanol–water partition coefficient (Wildman–Crippen LogP) is 6.67. The number of hydrogen-bond acceptors (Lipinski definition) is 2. The van der Waals surface area contributed by atoms with E-state index in [1.165, 1.54) is 37.7 Å². The lowest BCUT2D eigenvalue weighted by atomic mass is 9.64. The highest BCUT2D eigenvalue weighted by Crippen LogP contribution is 2.57. The van der Waals surface area contributed by atoms with E-state index in [9.17, 15) is 4.79 Å². The zero-order valence-electron chi connectivity index (χ0n) is 15.2. The maximum atomic E-state index is 12.8. The molecule has 0 fully saturated rings. The number of esters is 1. The molecule has 0 spiro atoms. The zero-order valence-corrected chi connectivity index (χ0v) is 16.8. The molecule has 3 heteroatoms. The van der Waals surface area contributed by atoms with Gasteiger partial charge in [0.25, 0.3) is 0 Å². The molecule has 0 aromatic rings. The number of hydrogen-bond donors (Lipinski definition) is 0. The van der Waals surface area contributed by atoms with Crippen LogP contribution >= 0.6 is 15.9 Å². The summed E-state index contributed by atoms with van der Waals surface area (Å²) in [6.45, 7) is 6.68. The predicted molar refractivity (Wildman–Crippen MR) is 99.6 cm³/mol. The normalized spacial score (nSPS) is 26.3. The second-order valence-corrected chi connectivity index (χ2v) is 8.70. The first-order valence-corrected chi connectivity index (χ1v) is 10.5. The Balaban J connectivity index is 2.37. The fourth-order valence-electron chi connectivity index (χ4n) is 4.41. The molecule has 1 unspecified atom stereocenters. The third-order valence-electron chi connectivity index (χ3n) is 5.69. The largest absolute Gasteiger partial charge is 0.440 e. The minimum Gasteiger partial charge on any atom is -0.440 e. The van der Waals surface area contributed by atoms with Crippen molar-refractivity contribution in [3.05, 3.63) is 11.1 Å². The van der Waals surface area contributed by atoms with Gasteiger partial charge in [-0.1, -0.05) is 52.9 Å². The molecule has 1 aliphatic heterocycles. The van der Waals surface area contributed by atoms with Crippen LogP contribution in [0.3, 0.4) is 0 Å². The topological polar surface area (TPSA) is 26.3 Å². The standard InChI is InChI=1S/C20H33BrO2/c1-4-7-12-19(13-8-5-2)14-10-11-16-17(19)18(22)23-20(16,21)15-9-6-3/h4-15H2,1-3H3. The van der Waals surface area contributed by atoms with Gasteiger partial charge in [-0.15, -0.1) is 0 Å². The molecular formula is C20H33BrO2. The number of alkyl halides is 1. The first-order chi connectivity index (χ1) is 11.0. The van der Waals surface area contributed by atoms with Crippen LogP contribution in [-0.2, 0) is 9.53 Å². The van der Waals surface area contributed by atoms with Crippen LogP contribution in [0.15, 0.2) is 11.1 Å². The highest BCUT2D eigenvalue weighted by Gasteiger charge is 2.53. The molecule has 2 aliphatic rings. The lowest BCUT2D eigenvalue weighted by Crippen LogP contribution is -2.31. The first kappa shape index (κ1) is 19.0. The van der Waals surface area contributed by atoms with E-state index in [1.807, 2.05) is 0 Å².